The fourth-order valence-electron chi connectivity index (χ4n) is 3.48. The smallest absolute Gasteiger partial charge is 0.0349 e. The molecule has 1 aliphatic rings. The molecule has 0 unspecified atom stereocenters. The van der Waals surface area contributed by atoms with E-state index in [1.54, 1.807) is 0 Å². The van der Waals surface area contributed by atoms with Crippen LogP contribution in [0.3, 0.4) is 0 Å². The van der Waals surface area contributed by atoms with E-state index < -0.39 is 0 Å². The van der Waals surface area contributed by atoms with Gasteiger partial charge in [-0.05, 0) is 23.1 Å². The normalized spacial score (nSPS) is 15.7. The second kappa shape index (κ2) is 11.5. The highest BCUT2D eigenvalue weighted by Crippen LogP contribution is 2.29. The van der Waals surface area contributed by atoms with Crippen LogP contribution < -0.4 is 5.32 Å². The van der Waals surface area contributed by atoms with Gasteiger partial charge in [0, 0.05) is 32.2 Å². The average molecular weight is 381 g/mol. The predicted molar refractivity (Wildman–Crippen MR) is 113 cm³/mol. The molecule has 4 heteroatoms. The summed E-state index contributed by atoms with van der Waals surface area (Å²) in [5, 5.41) is 3.47. The number of halogens is 2. The zero-order chi connectivity index (χ0) is 15.9. The van der Waals surface area contributed by atoms with Crippen LogP contribution in [0.2, 0.25) is 0 Å². The number of hydrogen-bond acceptors (Lipinski definition) is 2. The topological polar surface area (TPSA) is 15.3 Å². The standard InChI is InChI=1S/C21H28N2.2ClH/c1-2-3-9-21(23-16-14-22-15-17-23)20-12-10-19(11-13-20)18-7-5-4-6-8-18;;/h4-8,10-13,21-22H,2-3,9,14-17H2,1H3;2*1H/t21-;;/m0../s1. The van der Waals surface area contributed by atoms with Gasteiger partial charge >= 0.3 is 0 Å². The van der Waals surface area contributed by atoms with Crippen molar-refractivity contribution in [2.24, 2.45) is 0 Å². The van der Waals surface area contributed by atoms with Crippen molar-refractivity contribution in [2.75, 3.05) is 26.2 Å². The summed E-state index contributed by atoms with van der Waals surface area (Å²) in [5.74, 6) is 0. The number of benzene rings is 2. The molecule has 0 aromatic heterocycles. The van der Waals surface area contributed by atoms with E-state index in [2.05, 4.69) is 71.7 Å². The Bertz CT molecular complexity index is 581. The van der Waals surface area contributed by atoms with Gasteiger partial charge in [-0.1, -0.05) is 74.4 Å². The lowest BCUT2D eigenvalue weighted by atomic mass is 9.96. The van der Waals surface area contributed by atoms with Crippen LogP contribution in [0.15, 0.2) is 54.6 Å². The molecule has 0 bridgehead atoms. The quantitative estimate of drug-likeness (QED) is 0.727. The van der Waals surface area contributed by atoms with Crippen molar-refractivity contribution >= 4 is 24.8 Å². The van der Waals surface area contributed by atoms with E-state index in [1.807, 2.05) is 0 Å². The minimum atomic E-state index is 0. The summed E-state index contributed by atoms with van der Waals surface area (Å²) in [6, 6.07) is 20.5. The van der Waals surface area contributed by atoms with Gasteiger partial charge in [0.2, 0.25) is 0 Å². The molecule has 25 heavy (non-hydrogen) atoms. The second-order valence-electron chi connectivity index (χ2n) is 6.43. The predicted octanol–water partition coefficient (Wildman–Crippen LogP) is 5.33. The van der Waals surface area contributed by atoms with Gasteiger partial charge in [-0.3, -0.25) is 4.90 Å². The summed E-state index contributed by atoms with van der Waals surface area (Å²) >= 11 is 0. The molecule has 1 N–H and O–H groups in total. The zero-order valence-corrected chi connectivity index (χ0v) is 16.6. The molecule has 2 aromatic rings. The van der Waals surface area contributed by atoms with Crippen LogP contribution in [0, 0.1) is 0 Å². The minimum Gasteiger partial charge on any atom is -0.314 e. The van der Waals surface area contributed by atoms with Gasteiger partial charge in [0.05, 0.1) is 0 Å². The molecule has 0 saturated carbocycles. The maximum atomic E-state index is 3.47. The van der Waals surface area contributed by atoms with E-state index in [9.17, 15) is 0 Å². The van der Waals surface area contributed by atoms with Gasteiger partial charge in [0.25, 0.3) is 0 Å². The van der Waals surface area contributed by atoms with Crippen molar-refractivity contribution < 1.29 is 0 Å². The Morgan fingerprint density at radius 3 is 2.08 bits per heavy atom. The molecule has 2 nitrogen and oxygen atoms in total. The molecule has 0 radical (unpaired) electrons. The fraction of sp³-hybridized carbons (Fsp3) is 0.429. The van der Waals surface area contributed by atoms with Crippen molar-refractivity contribution in [3.05, 3.63) is 60.2 Å². The molecule has 1 heterocycles. The van der Waals surface area contributed by atoms with Crippen LogP contribution in [0.4, 0.5) is 0 Å². The molecule has 1 saturated heterocycles. The van der Waals surface area contributed by atoms with Gasteiger partial charge in [-0.15, -0.1) is 24.8 Å². The second-order valence-corrected chi connectivity index (χ2v) is 6.43. The Morgan fingerprint density at radius 1 is 0.880 bits per heavy atom. The number of nitrogens with zero attached hydrogens (tertiary/aromatic N) is 1. The Kier molecular flexibility index (Phi) is 10.1. The molecule has 3 rings (SSSR count). The van der Waals surface area contributed by atoms with Gasteiger partial charge < -0.3 is 5.32 Å². The van der Waals surface area contributed by atoms with E-state index in [0.29, 0.717) is 6.04 Å². The molecule has 1 atom stereocenters. The first-order valence-corrected chi connectivity index (χ1v) is 8.98. The molecular weight excluding hydrogens is 351 g/mol. The highest BCUT2D eigenvalue weighted by molar-refractivity contribution is 5.85. The van der Waals surface area contributed by atoms with Crippen LogP contribution in [0.25, 0.3) is 11.1 Å². The van der Waals surface area contributed by atoms with Crippen LogP contribution >= 0.6 is 24.8 Å². The van der Waals surface area contributed by atoms with Crippen molar-refractivity contribution in [1.29, 1.82) is 0 Å². The summed E-state index contributed by atoms with van der Waals surface area (Å²) in [4.78, 5) is 2.66. The summed E-state index contributed by atoms with van der Waals surface area (Å²) in [6.45, 7) is 6.84. The first kappa shape index (κ1) is 22.0. The van der Waals surface area contributed by atoms with Gasteiger partial charge in [-0.25, -0.2) is 0 Å². The lowest BCUT2D eigenvalue weighted by Gasteiger charge is -2.35. The Balaban J connectivity index is 0.00000156. The summed E-state index contributed by atoms with van der Waals surface area (Å²) in [5.41, 5.74) is 4.08. The Labute approximate surface area is 164 Å². The number of piperazine rings is 1. The molecule has 138 valence electrons. The Hall–Kier alpha value is -1.06. The van der Waals surface area contributed by atoms with E-state index in [1.165, 1.54) is 36.0 Å². The molecular formula is C21H30Cl2N2. The molecule has 0 spiro atoms. The Morgan fingerprint density at radius 2 is 1.48 bits per heavy atom. The minimum absolute atomic E-state index is 0. The lowest BCUT2D eigenvalue weighted by molar-refractivity contribution is 0.163. The van der Waals surface area contributed by atoms with Crippen molar-refractivity contribution in [3.63, 3.8) is 0 Å². The SMILES string of the molecule is CCCC[C@@H](c1ccc(-c2ccccc2)cc1)N1CCNCC1.Cl.Cl. The van der Waals surface area contributed by atoms with Crippen LogP contribution in [-0.2, 0) is 0 Å². The fourth-order valence-corrected chi connectivity index (χ4v) is 3.48. The average Bonchev–Trinajstić information content (AvgIpc) is 2.64. The number of hydrogen-bond donors (Lipinski definition) is 1. The van der Waals surface area contributed by atoms with Crippen molar-refractivity contribution in [3.8, 4) is 11.1 Å². The van der Waals surface area contributed by atoms with Crippen molar-refractivity contribution in [2.45, 2.75) is 32.2 Å². The van der Waals surface area contributed by atoms with Gasteiger partial charge in [-0.2, -0.15) is 0 Å². The molecule has 1 fully saturated rings. The zero-order valence-electron chi connectivity index (χ0n) is 15.0. The monoisotopic (exact) mass is 380 g/mol. The third-order valence-electron chi connectivity index (χ3n) is 4.83. The molecule has 2 aromatic carbocycles. The first-order valence-electron chi connectivity index (χ1n) is 8.98. The number of nitrogens with one attached hydrogen (secondary N) is 1. The molecule has 0 aliphatic carbocycles. The molecule has 0 amide bonds. The van der Waals surface area contributed by atoms with Gasteiger partial charge in [0.1, 0.15) is 0 Å². The first-order chi connectivity index (χ1) is 11.4. The number of rotatable bonds is 6. The maximum Gasteiger partial charge on any atom is 0.0349 e. The van der Waals surface area contributed by atoms with Crippen molar-refractivity contribution in [1.82, 2.24) is 10.2 Å². The molecule has 1 aliphatic heterocycles. The van der Waals surface area contributed by atoms with E-state index >= 15 is 0 Å². The summed E-state index contributed by atoms with van der Waals surface area (Å²) < 4.78 is 0. The van der Waals surface area contributed by atoms with E-state index in [4.69, 9.17) is 0 Å². The third-order valence-corrected chi connectivity index (χ3v) is 4.83. The maximum absolute atomic E-state index is 3.47. The summed E-state index contributed by atoms with van der Waals surface area (Å²) in [6.07, 6.45) is 3.83. The van der Waals surface area contributed by atoms with Gasteiger partial charge in [0.15, 0.2) is 0 Å². The largest absolute Gasteiger partial charge is 0.314 e. The lowest BCUT2D eigenvalue weighted by Crippen LogP contribution is -2.45. The van der Waals surface area contributed by atoms with Crippen LogP contribution in [-0.4, -0.2) is 31.1 Å². The van der Waals surface area contributed by atoms with Crippen LogP contribution in [0.1, 0.15) is 37.8 Å². The summed E-state index contributed by atoms with van der Waals surface area (Å²) in [7, 11) is 0. The van der Waals surface area contributed by atoms with E-state index in [-0.39, 0.29) is 24.8 Å². The third kappa shape index (κ3) is 6.00. The highest BCUT2D eigenvalue weighted by atomic mass is 35.5. The highest BCUT2D eigenvalue weighted by Gasteiger charge is 2.21. The number of unbranched alkanes of at least 4 members (excludes halogenated alkanes) is 1. The van der Waals surface area contributed by atoms with E-state index in [0.717, 1.165) is 26.2 Å². The van der Waals surface area contributed by atoms with Crippen LogP contribution in [0.5, 0.6) is 0 Å².